The second-order valence-corrected chi connectivity index (χ2v) is 6.21. The van der Waals surface area contributed by atoms with Gasteiger partial charge in [0.15, 0.2) is 11.5 Å². The molecule has 0 saturated carbocycles. The Morgan fingerprint density at radius 2 is 1.65 bits per heavy atom. The van der Waals surface area contributed by atoms with Crippen molar-refractivity contribution in [3.05, 3.63) is 89.2 Å². The lowest BCUT2D eigenvalue weighted by atomic mass is 10.2. The van der Waals surface area contributed by atoms with Gasteiger partial charge in [-0.05, 0) is 60.2 Å². The van der Waals surface area contributed by atoms with Crippen molar-refractivity contribution in [3.8, 4) is 17.2 Å². The first-order valence-corrected chi connectivity index (χ1v) is 9.14. The van der Waals surface area contributed by atoms with E-state index in [1.165, 1.54) is 50.8 Å². The SMILES string of the molecule is COc1ccc(C(=O)N/N=C\c2ccc(OC(=O)c3ccccc3F)cc2)cc1OC. The van der Waals surface area contributed by atoms with Crippen molar-refractivity contribution >= 4 is 18.1 Å². The first-order chi connectivity index (χ1) is 15.0. The number of nitrogens with zero attached hydrogens (tertiary/aromatic N) is 1. The third-order valence-corrected chi connectivity index (χ3v) is 4.21. The quantitative estimate of drug-likeness (QED) is 0.271. The predicted molar refractivity (Wildman–Crippen MR) is 112 cm³/mol. The molecule has 0 heterocycles. The highest BCUT2D eigenvalue weighted by molar-refractivity contribution is 5.95. The van der Waals surface area contributed by atoms with Gasteiger partial charge in [-0.15, -0.1) is 0 Å². The number of amides is 1. The Morgan fingerprint density at radius 1 is 0.935 bits per heavy atom. The minimum Gasteiger partial charge on any atom is -0.493 e. The average molecular weight is 422 g/mol. The molecule has 0 aliphatic heterocycles. The number of carbonyl (C=O) groups is 2. The van der Waals surface area contributed by atoms with Crippen LogP contribution in [0.5, 0.6) is 17.2 Å². The summed E-state index contributed by atoms with van der Waals surface area (Å²) in [7, 11) is 2.99. The molecule has 1 N–H and O–H groups in total. The van der Waals surface area contributed by atoms with Crippen LogP contribution in [0, 0.1) is 5.82 Å². The number of rotatable bonds is 7. The lowest BCUT2D eigenvalue weighted by Gasteiger charge is -2.08. The van der Waals surface area contributed by atoms with Crippen LogP contribution in [0.3, 0.4) is 0 Å². The van der Waals surface area contributed by atoms with E-state index in [1.807, 2.05) is 0 Å². The summed E-state index contributed by atoms with van der Waals surface area (Å²) < 4.78 is 29.1. The highest BCUT2D eigenvalue weighted by Crippen LogP contribution is 2.27. The first-order valence-electron chi connectivity index (χ1n) is 9.14. The molecule has 0 bridgehead atoms. The van der Waals surface area contributed by atoms with Crippen LogP contribution >= 0.6 is 0 Å². The Morgan fingerprint density at radius 3 is 2.32 bits per heavy atom. The molecule has 8 heteroatoms. The fourth-order valence-electron chi connectivity index (χ4n) is 2.62. The highest BCUT2D eigenvalue weighted by Gasteiger charge is 2.13. The Labute approximate surface area is 178 Å². The van der Waals surface area contributed by atoms with Crippen LogP contribution in [-0.4, -0.2) is 32.3 Å². The monoisotopic (exact) mass is 422 g/mol. The summed E-state index contributed by atoms with van der Waals surface area (Å²) in [6, 6.07) is 16.7. The zero-order valence-electron chi connectivity index (χ0n) is 16.8. The van der Waals surface area contributed by atoms with Crippen LogP contribution in [0.2, 0.25) is 0 Å². The number of ether oxygens (including phenoxy) is 3. The molecular formula is C23H19FN2O5. The molecule has 0 aliphatic rings. The van der Waals surface area contributed by atoms with Crippen molar-refractivity contribution in [2.45, 2.75) is 0 Å². The van der Waals surface area contributed by atoms with Crippen molar-refractivity contribution in [3.63, 3.8) is 0 Å². The summed E-state index contributed by atoms with van der Waals surface area (Å²) in [4.78, 5) is 24.3. The van der Waals surface area contributed by atoms with Gasteiger partial charge in [0.25, 0.3) is 5.91 Å². The van der Waals surface area contributed by atoms with Crippen LogP contribution in [0.4, 0.5) is 4.39 Å². The summed E-state index contributed by atoms with van der Waals surface area (Å²) in [5.41, 5.74) is 3.27. The van der Waals surface area contributed by atoms with E-state index in [1.54, 1.807) is 36.4 Å². The summed E-state index contributed by atoms with van der Waals surface area (Å²) in [6.45, 7) is 0. The first kappa shape index (κ1) is 21.5. The number of hydrazone groups is 1. The summed E-state index contributed by atoms with van der Waals surface area (Å²) in [5, 5.41) is 3.91. The number of halogens is 1. The summed E-state index contributed by atoms with van der Waals surface area (Å²) in [5.74, 6) is -0.673. The van der Waals surface area contributed by atoms with E-state index in [2.05, 4.69) is 10.5 Å². The number of nitrogens with one attached hydrogen (secondary N) is 1. The van der Waals surface area contributed by atoms with E-state index in [9.17, 15) is 14.0 Å². The average Bonchev–Trinajstić information content (AvgIpc) is 2.79. The van der Waals surface area contributed by atoms with Crippen molar-refractivity contribution in [1.29, 1.82) is 0 Å². The predicted octanol–water partition coefficient (Wildman–Crippen LogP) is 3.83. The van der Waals surface area contributed by atoms with Crippen LogP contribution in [0.1, 0.15) is 26.3 Å². The van der Waals surface area contributed by atoms with E-state index in [0.717, 1.165) is 0 Å². The molecule has 0 spiro atoms. The number of hydrogen-bond donors (Lipinski definition) is 1. The number of benzene rings is 3. The molecule has 0 aromatic heterocycles. The normalized spacial score (nSPS) is 10.5. The van der Waals surface area contributed by atoms with E-state index in [0.29, 0.717) is 22.6 Å². The molecule has 158 valence electrons. The van der Waals surface area contributed by atoms with E-state index >= 15 is 0 Å². The van der Waals surface area contributed by atoms with Gasteiger partial charge in [0.05, 0.1) is 26.0 Å². The van der Waals surface area contributed by atoms with Gasteiger partial charge in [-0.2, -0.15) is 5.10 Å². The zero-order valence-corrected chi connectivity index (χ0v) is 16.8. The van der Waals surface area contributed by atoms with Gasteiger partial charge < -0.3 is 14.2 Å². The minimum atomic E-state index is -0.790. The maximum Gasteiger partial charge on any atom is 0.346 e. The number of esters is 1. The molecule has 0 aliphatic carbocycles. The Kier molecular flexibility index (Phi) is 6.95. The molecule has 3 rings (SSSR count). The smallest absolute Gasteiger partial charge is 0.346 e. The van der Waals surface area contributed by atoms with Gasteiger partial charge >= 0.3 is 5.97 Å². The van der Waals surface area contributed by atoms with Gasteiger partial charge in [-0.25, -0.2) is 14.6 Å². The lowest BCUT2D eigenvalue weighted by Crippen LogP contribution is -2.17. The lowest BCUT2D eigenvalue weighted by molar-refractivity contribution is 0.0729. The van der Waals surface area contributed by atoms with Crippen LogP contribution < -0.4 is 19.6 Å². The molecule has 0 saturated heterocycles. The second kappa shape index (κ2) is 10.0. The number of carbonyl (C=O) groups excluding carboxylic acids is 2. The van der Waals surface area contributed by atoms with Gasteiger partial charge in [-0.3, -0.25) is 4.79 Å². The van der Waals surface area contributed by atoms with E-state index in [-0.39, 0.29) is 11.3 Å². The summed E-state index contributed by atoms with van der Waals surface area (Å²) in [6.07, 6.45) is 1.43. The molecule has 0 fully saturated rings. The van der Waals surface area contributed by atoms with Gasteiger partial charge in [0, 0.05) is 5.56 Å². The third-order valence-electron chi connectivity index (χ3n) is 4.21. The van der Waals surface area contributed by atoms with Crippen molar-refractivity contribution in [1.82, 2.24) is 5.43 Å². The fourth-order valence-corrected chi connectivity index (χ4v) is 2.62. The standard InChI is InChI=1S/C23H19FN2O5/c1-29-20-12-9-16(13-21(20)30-2)22(27)26-25-14-15-7-10-17(11-8-15)31-23(28)18-5-3-4-6-19(18)24/h3-14H,1-2H3,(H,26,27)/b25-14-. The molecule has 31 heavy (non-hydrogen) atoms. The van der Waals surface area contributed by atoms with E-state index in [4.69, 9.17) is 14.2 Å². The van der Waals surface area contributed by atoms with Crippen molar-refractivity contribution in [2.24, 2.45) is 5.10 Å². The molecule has 0 atom stereocenters. The third kappa shape index (κ3) is 5.45. The fraction of sp³-hybridized carbons (Fsp3) is 0.0870. The van der Waals surface area contributed by atoms with Gasteiger partial charge in [0.1, 0.15) is 11.6 Å². The largest absolute Gasteiger partial charge is 0.493 e. The Bertz CT molecular complexity index is 1110. The number of methoxy groups -OCH3 is 2. The molecule has 7 nitrogen and oxygen atoms in total. The summed E-state index contributed by atoms with van der Waals surface area (Å²) >= 11 is 0. The van der Waals surface area contributed by atoms with Crippen molar-refractivity contribution in [2.75, 3.05) is 14.2 Å². The Hall–Kier alpha value is -4.20. The van der Waals surface area contributed by atoms with Crippen LogP contribution in [-0.2, 0) is 0 Å². The van der Waals surface area contributed by atoms with Crippen LogP contribution in [0.15, 0.2) is 71.8 Å². The topological polar surface area (TPSA) is 86.2 Å². The zero-order chi connectivity index (χ0) is 22.2. The van der Waals surface area contributed by atoms with Crippen molar-refractivity contribution < 1.29 is 28.2 Å². The molecule has 3 aromatic carbocycles. The minimum absolute atomic E-state index is 0.147. The van der Waals surface area contributed by atoms with Gasteiger partial charge in [0.2, 0.25) is 0 Å². The van der Waals surface area contributed by atoms with E-state index < -0.39 is 17.7 Å². The van der Waals surface area contributed by atoms with Crippen LogP contribution in [0.25, 0.3) is 0 Å². The second-order valence-electron chi connectivity index (χ2n) is 6.21. The maximum atomic E-state index is 13.6. The molecule has 0 unspecified atom stereocenters. The molecule has 0 radical (unpaired) electrons. The molecule has 3 aromatic rings. The maximum absolute atomic E-state index is 13.6. The molecule has 1 amide bonds. The highest BCUT2D eigenvalue weighted by atomic mass is 19.1. The number of hydrogen-bond acceptors (Lipinski definition) is 6. The Balaban J connectivity index is 1.59. The van der Waals surface area contributed by atoms with Gasteiger partial charge in [-0.1, -0.05) is 12.1 Å². The molecular weight excluding hydrogens is 403 g/mol.